The third kappa shape index (κ3) is 4.48. The second kappa shape index (κ2) is 6.44. The van der Waals surface area contributed by atoms with Crippen LogP contribution < -0.4 is 5.32 Å². The minimum absolute atomic E-state index is 0.253. The van der Waals surface area contributed by atoms with Crippen molar-refractivity contribution in [2.24, 2.45) is 0 Å². The highest BCUT2D eigenvalue weighted by Gasteiger charge is 2.11. The van der Waals surface area contributed by atoms with E-state index in [1.165, 1.54) is 0 Å². The Morgan fingerprint density at radius 1 is 1.24 bits per heavy atom. The molecule has 1 aromatic rings. The zero-order valence-electron chi connectivity index (χ0n) is 9.04. The van der Waals surface area contributed by atoms with Crippen molar-refractivity contribution < 1.29 is 19.8 Å². The topological polar surface area (TPSA) is 86.6 Å². The Bertz CT molecular complexity index is 414. The molecular formula is C12H13NO4. The number of hydrogen-bond acceptors (Lipinski definition) is 3. The third-order valence-electron chi connectivity index (χ3n) is 2.08. The van der Waals surface area contributed by atoms with E-state index in [1.807, 2.05) is 6.07 Å². The molecule has 0 saturated heterocycles. The molecule has 1 unspecified atom stereocenters. The highest BCUT2D eigenvalue weighted by molar-refractivity contribution is 5.94. The van der Waals surface area contributed by atoms with Crippen LogP contribution in [0.3, 0.4) is 0 Å². The van der Waals surface area contributed by atoms with E-state index in [9.17, 15) is 9.59 Å². The lowest BCUT2D eigenvalue weighted by Crippen LogP contribution is -2.29. The van der Waals surface area contributed by atoms with Crippen LogP contribution in [0.4, 0.5) is 0 Å². The molecule has 0 heterocycles. The summed E-state index contributed by atoms with van der Waals surface area (Å²) in [5.74, 6) is -1.75. The first kappa shape index (κ1) is 12.9. The van der Waals surface area contributed by atoms with Gasteiger partial charge in [0.1, 0.15) is 0 Å². The molecule has 5 heteroatoms. The van der Waals surface area contributed by atoms with Crippen molar-refractivity contribution in [1.82, 2.24) is 5.32 Å². The van der Waals surface area contributed by atoms with E-state index < -0.39 is 17.9 Å². The summed E-state index contributed by atoms with van der Waals surface area (Å²) in [6.07, 6.45) is 1.66. The monoisotopic (exact) mass is 235 g/mol. The predicted molar refractivity (Wildman–Crippen MR) is 61.2 cm³/mol. The van der Waals surface area contributed by atoms with Crippen LogP contribution in [0.2, 0.25) is 0 Å². The summed E-state index contributed by atoms with van der Waals surface area (Å²) in [5.41, 5.74) is 0.757. The van der Waals surface area contributed by atoms with Gasteiger partial charge in [0.25, 0.3) is 0 Å². The highest BCUT2D eigenvalue weighted by atomic mass is 16.4. The van der Waals surface area contributed by atoms with Crippen molar-refractivity contribution in [3.63, 3.8) is 0 Å². The molecule has 0 fully saturated rings. The molecule has 0 saturated carbocycles. The molecule has 5 nitrogen and oxygen atoms in total. The Morgan fingerprint density at radius 3 is 2.41 bits per heavy atom. The molecule has 0 aromatic heterocycles. The van der Waals surface area contributed by atoms with Gasteiger partial charge in [0.15, 0.2) is 0 Å². The molecule has 1 atom stereocenters. The van der Waals surface area contributed by atoms with Gasteiger partial charge in [-0.05, 0) is 5.56 Å². The number of benzene rings is 1. The van der Waals surface area contributed by atoms with Crippen molar-refractivity contribution in [2.75, 3.05) is 6.61 Å². The standard InChI is InChI=1S/C12H13NO4/c14-8-10(9-4-2-1-3-5-9)13-11(15)6-7-12(16)17/h1-7,10,14H,8H2,(H,13,15)(H,16,17)/b7-6-. The van der Waals surface area contributed by atoms with E-state index in [1.54, 1.807) is 24.3 Å². The van der Waals surface area contributed by atoms with Crippen LogP contribution >= 0.6 is 0 Å². The number of aliphatic carboxylic acids is 1. The first-order valence-electron chi connectivity index (χ1n) is 5.01. The number of carbonyl (C=O) groups is 2. The van der Waals surface area contributed by atoms with Crippen molar-refractivity contribution in [3.8, 4) is 0 Å². The SMILES string of the molecule is O=C(O)/C=C\C(=O)NC(CO)c1ccccc1. The number of carbonyl (C=O) groups excluding carboxylic acids is 1. The smallest absolute Gasteiger partial charge is 0.328 e. The average molecular weight is 235 g/mol. The van der Waals surface area contributed by atoms with Gasteiger partial charge in [-0.1, -0.05) is 30.3 Å². The van der Waals surface area contributed by atoms with Crippen LogP contribution in [0.25, 0.3) is 0 Å². The first-order chi connectivity index (χ1) is 8.13. The van der Waals surface area contributed by atoms with Gasteiger partial charge in [-0.25, -0.2) is 4.79 Å². The molecule has 1 aromatic carbocycles. The van der Waals surface area contributed by atoms with Crippen LogP contribution in [-0.2, 0) is 9.59 Å². The van der Waals surface area contributed by atoms with Crippen LogP contribution in [0.5, 0.6) is 0 Å². The van der Waals surface area contributed by atoms with Crippen molar-refractivity contribution in [2.45, 2.75) is 6.04 Å². The predicted octanol–water partition coefficient (Wildman–Crippen LogP) is 0.477. The molecule has 90 valence electrons. The first-order valence-corrected chi connectivity index (χ1v) is 5.01. The number of amides is 1. The van der Waals surface area contributed by atoms with Gasteiger partial charge in [0.2, 0.25) is 5.91 Å². The zero-order valence-corrected chi connectivity index (χ0v) is 9.04. The number of aliphatic hydroxyl groups excluding tert-OH is 1. The van der Waals surface area contributed by atoms with Gasteiger partial charge in [0, 0.05) is 12.2 Å². The van der Waals surface area contributed by atoms with E-state index in [4.69, 9.17) is 10.2 Å². The fraction of sp³-hybridized carbons (Fsp3) is 0.167. The third-order valence-corrected chi connectivity index (χ3v) is 2.08. The lowest BCUT2D eigenvalue weighted by molar-refractivity contribution is -0.131. The van der Waals surface area contributed by atoms with Crippen LogP contribution in [0.15, 0.2) is 42.5 Å². The Balaban J connectivity index is 2.65. The van der Waals surface area contributed by atoms with E-state index >= 15 is 0 Å². The summed E-state index contributed by atoms with van der Waals surface area (Å²) in [6.45, 7) is -0.253. The summed E-state index contributed by atoms with van der Waals surface area (Å²) in [4.78, 5) is 21.5. The summed E-state index contributed by atoms with van der Waals surface area (Å²) >= 11 is 0. The van der Waals surface area contributed by atoms with Gasteiger partial charge < -0.3 is 15.5 Å². The van der Waals surface area contributed by atoms with E-state index in [0.29, 0.717) is 0 Å². The lowest BCUT2D eigenvalue weighted by Gasteiger charge is -2.15. The van der Waals surface area contributed by atoms with Crippen molar-refractivity contribution in [1.29, 1.82) is 0 Å². The summed E-state index contributed by atoms with van der Waals surface area (Å²) in [6, 6.07) is 8.39. The maximum absolute atomic E-state index is 11.3. The quantitative estimate of drug-likeness (QED) is 0.648. The molecule has 0 aliphatic rings. The number of nitrogens with one attached hydrogen (secondary N) is 1. The average Bonchev–Trinajstić information content (AvgIpc) is 2.34. The van der Waals surface area contributed by atoms with Gasteiger partial charge >= 0.3 is 5.97 Å². The molecule has 0 radical (unpaired) electrons. The Morgan fingerprint density at radius 2 is 1.88 bits per heavy atom. The Kier molecular flexibility index (Phi) is 4.90. The molecule has 0 aliphatic heterocycles. The molecule has 1 amide bonds. The summed E-state index contributed by atoms with van der Waals surface area (Å²) < 4.78 is 0. The fourth-order valence-corrected chi connectivity index (χ4v) is 1.29. The van der Waals surface area contributed by atoms with Crippen LogP contribution in [0.1, 0.15) is 11.6 Å². The summed E-state index contributed by atoms with van der Waals surface area (Å²) in [7, 11) is 0. The van der Waals surface area contributed by atoms with Crippen LogP contribution in [0, 0.1) is 0 Å². The number of carboxylic acids is 1. The highest BCUT2D eigenvalue weighted by Crippen LogP contribution is 2.11. The van der Waals surface area contributed by atoms with E-state index in [0.717, 1.165) is 17.7 Å². The summed E-state index contributed by atoms with van der Waals surface area (Å²) in [5, 5.41) is 20.0. The Labute approximate surface area is 98.4 Å². The van der Waals surface area contributed by atoms with E-state index in [2.05, 4.69) is 5.32 Å². The molecule has 0 aliphatic carbocycles. The number of hydrogen-bond donors (Lipinski definition) is 3. The lowest BCUT2D eigenvalue weighted by atomic mass is 10.1. The molecule has 3 N–H and O–H groups in total. The largest absolute Gasteiger partial charge is 0.478 e. The van der Waals surface area contributed by atoms with Gasteiger partial charge in [-0.2, -0.15) is 0 Å². The van der Waals surface area contributed by atoms with Crippen molar-refractivity contribution >= 4 is 11.9 Å². The second-order valence-corrected chi connectivity index (χ2v) is 3.33. The molecule has 17 heavy (non-hydrogen) atoms. The maximum atomic E-state index is 11.3. The normalized spacial score (nSPS) is 12.3. The van der Waals surface area contributed by atoms with E-state index in [-0.39, 0.29) is 6.61 Å². The molecule has 1 rings (SSSR count). The van der Waals surface area contributed by atoms with Gasteiger partial charge in [0.05, 0.1) is 12.6 Å². The van der Waals surface area contributed by atoms with Crippen LogP contribution in [-0.4, -0.2) is 28.7 Å². The number of aliphatic hydroxyl groups is 1. The second-order valence-electron chi connectivity index (χ2n) is 3.33. The number of carboxylic acid groups (broad SMARTS) is 1. The maximum Gasteiger partial charge on any atom is 0.328 e. The molecule has 0 bridgehead atoms. The van der Waals surface area contributed by atoms with Gasteiger partial charge in [-0.15, -0.1) is 0 Å². The minimum atomic E-state index is -1.19. The molecule has 0 spiro atoms. The number of rotatable bonds is 5. The zero-order chi connectivity index (χ0) is 12.7. The minimum Gasteiger partial charge on any atom is -0.478 e. The molecular weight excluding hydrogens is 222 g/mol. The van der Waals surface area contributed by atoms with Gasteiger partial charge in [-0.3, -0.25) is 4.79 Å². The van der Waals surface area contributed by atoms with Crippen molar-refractivity contribution in [3.05, 3.63) is 48.0 Å². The Hall–Kier alpha value is -2.14. The fourth-order valence-electron chi connectivity index (χ4n) is 1.29.